The summed E-state index contributed by atoms with van der Waals surface area (Å²) in [5, 5.41) is 7.56. The Balaban J connectivity index is 1.39. The van der Waals surface area contributed by atoms with Gasteiger partial charge in [-0.3, -0.25) is 14.9 Å². The molecule has 2 fully saturated rings. The number of carbonyl (C=O) groups excluding carboxylic acids is 1. The lowest BCUT2D eigenvalue weighted by atomic mass is 10.0. The SMILES string of the molecule is NC(=O)N(c1cc(C2CCCC2)n[nH]1)C1CCN(Cc2ccccc2)CC1. The van der Waals surface area contributed by atoms with Crippen LogP contribution >= 0.6 is 0 Å². The van der Waals surface area contributed by atoms with Crippen molar-refractivity contribution in [3.05, 3.63) is 47.7 Å². The predicted octanol–water partition coefficient (Wildman–Crippen LogP) is 3.62. The molecule has 0 atom stereocenters. The zero-order valence-electron chi connectivity index (χ0n) is 15.8. The molecule has 2 aliphatic rings. The van der Waals surface area contributed by atoms with Crippen LogP contribution in [0.3, 0.4) is 0 Å². The molecular weight excluding hydrogens is 338 g/mol. The van der Waals surface area contributed by atoms with Crippen molar-refractivity contribution in [1.82, 2.24) is 15.1 Å². The number of hydrogen-bond donors (Lipinski definition) is 2. The van der Waals surface area contributed by atoms with Gasteiger partial charge >= 0.3 is 6.03 Å². The lowest BCUT2D eigenvalue weighted by Gasteiger charge is -2.37. The van der Waals surface area contributed by atoms with Crippen molar-refractivity contribution in [3.63, 3.8) is 0 Å². The van der Waals surface area contributed by atoms with Crippen molar-refractivity contribution in [2.75, 3.05) is 18.0 Å². The number of H-pyrrole nitrogens is 1. The Morgan fingerprint density at radius 1 is 1.15 bits per heavy atom. The molecule has 1 saturated heterocycles. The molecule has 0 unspecified atom stereocenters. The summed E-state index contributed by atoms with van der Waals surface area (Å²) >= 11 is 0. The first-order valence-corrected chi connectivity index (χ1v) is 10.1. The van der Waals surface area contributed by atoms with Crippen LogP contribution in [0.5, 0.6) is 0 Å². The third-order valence-corrected chi connectivity index (χ3v) is 6.03. The van der Waals surface area contributed by atoms with Gasteiger partial charge in [0.15, 0.2) is 0 Å². The van der Waals surface area contributed by atoms with E-state index in [-0.39, 0.29) is 6.04 Å². The number of benzene rings is 1. The first-order chi connectivity index (χ1) is 13.2. The average Bonchev–Trinajstić information content (AvgIpc) is 3.36. The molecule has 0 bridgehead atoms. The maximum absolute atomic E-state index is 12.2. The van der Waals surface area contributed by atoms with E-state index < -0.39 is 6.03 Å². The van der Waals surface area contributed by atoms with Crippen LogP contribution in [0.4, 0.5) is 10.6 Å². The molecule has 1 aromatic heterocycles. The fourth-order valence-electron chi connectivity index (χ4n) is 4.55. The minimum atomic E-state index is -0.391. The predicted molar refractivity (Wildman–Crippen MR) is 107 cm³/mol. The minimum absolute atomic E-state index is 0.131. The summed E-state index contributed by atoms with van der Waals surface area (Å²) in [6.07, 6.45) is 6.77. The molecule has 1 aliphatic carbocycles. The second kappa shape index (κ2) is 8.13. The lowest BCUT2D eigenvalue weighted by Crippen LogP contribution is -2.49. The van der Waals surface area contributed by atoms with Crippen LogP contribution in [0.1, 0.15) is 55.7 Å². The molecule has 6 heteroatoms. The molecule has 6 nitrogen and oxygen atoms in total. The average molecular weight is 367 g/mol. The summed E-state index contributed by atoms with van der Waals surface area (Å²) in [7, 11) is 0. The van der Waals surface area contributed by atoms with Gasteiger partial charge in [0.05, 0.1) is 5.69 Å². The quantitative estimate of drug-likeness (QED) is 0.847. The summed E-state index contributed by atoms with van der Waals surface area (Å²) in [6, 6.07) is 12.3. The zero-order valence-corrected chi connectivity index (χ0v) is 15.8. The second-order valence-corrected chi connectivity index (χ2v) is 7.86. The van der Waals surface area contributed by atoms with Crippen LogP contribution in [-0.2, 0) is 6.54 Å². The van der Waals surface area contributed by atoms with Gasteiger partial charge in [-0.2, -0.15) is 5.10 Å². The monoisotopic (exact) mass is 367 g/mol. The lowest BCUT2D eigenvalue weighted by molar-refractivity contribution is 0.199. The highest BCUT2D eigenvalue weighted by Crippen LogP contribution is 2.34. The number of aromatic amines is 1. The van der Waals surface area contributed by atoms with Crippen LogP contribution < -0.4 is 10.6 Å². The largest absolute Gasteiger partial charge is 0.351 e. The van der Waals surface area contributed by atoms with E-state index in [0.29, 0.717) is 5.92 Å². The Hall–Kier alpha value is -2.34. The molecule has 144 valence electrons. The molecule has 0 spiro atoms. The molecular formula is C21H29N5O. The van der Waals surface area contributed by atoms with Crippen LogP contribution in [0, 0.1) is 0 Å². The van der Waals surface area contributed by atoms with Crippen molar-refractivity contribution in [3.8, 4) is 0 Å². The molecule has 0 radical (unpaired) electrons. The summed E-state index contributed by atoms with van der Waals surface area (Å²) in [5.74, 6) is 1.28. The van der Waals surface area contributed by atoms with E-state index in [1.165, 1.54) is 31.2 Å². The Labute approximate surface area is 160 Å². The Morgan fingerprint density at radius 3 is 2.52 bits per heavy atom. The number of nitrogens with zero attached hydrogens (tertiary/aromatic N) is 3. The number of nitrogens with two attached hydrogens (primary N) is 1. The van der Waals surface area contributed by atoms with Gasteiger partial charge in [-0.05, 0) is 31.2 Å². The Bertz CT molecular complexity index is 745. The summed E-state index contributed by atoms with van der Waals surface area (Å²) < 4.78 is 0. The zero-order chi connectivity index (χ0) is 18.6. The highest BCUT2D eigenvalue weighted by atomic mass is 16.2. The van der Waals surface area contributed by atoms with Crippen molar-refractivity contribution in [1.29, 1.82) is 0 Å². The fraction of sp³-hybridized carbons (Fsp3) is 0.524. The first kappa shape index (κ1) is 18.0. The topological polar surface area (TPSA) is 78.2 Å². The molecule has 1 saturated carbocycles. The van der Waals surface area contributed by atoms with Gasteiger partial charge in [0.2, 0.25) is 0 Å². The smallest absolute Gasteiger partial charge is 0.320 e. The number of anilines is 1. The van der Waals surface area contributed by atoms with Crippen molar-refractivity contribution >= 4 is 11.8 Å². The summed E-state index contributed by atoms with van der Waals surface area (Å²) in [6.45, 7) is 2.89. The fourth-order valence-corrected chi connectivity index (χ4v) is 4.55. The van der Waals surface area contributed by atoms with E-state index >= 15 is 0 Å². The van der Waals surface area contributed by atoms with Gasteiger partial charge in [-0.1, -0.05) is 43.2 Å². The van der Waals surface area contributed by atoms with Crippen LogP contribution in [0.15, 0.2) is 36.4 Å². The number of carbonyl (C=O) groups is 1. The van der Waals surface area contributed by atoms with E-state index in [1.807, 2.05) is 12.1 Å². The second-order valence-electron chi connectivity index (χ2n) is 7.86. The molecule has 1 aliphatic heterocycles. The molecule has 3 N–H and O–H groups in total. The third-order valence-electron chi connectivity index (χ3n) is 6.03. The Kier molecular flexibility index (Phi) is 5.43. The van der Waals surface area contributed by atoms with Gasteiger partial charge in [-0.25, -0.2) is 4.79 Å². The number of nitrogens with one attached hydrogen (secondary N) is 1. The molecule has 4 rings (SSSR count). The van der Waals surface area contributed by atoms with E-state index in [1.54, 1.807) is 4.90 Å². The maximum atomic E-state index is 12.2. The number of primary amides is 1. The number of hydrogen-bond acceptors (Lipinski definition) is 3. The number of likely N-dealkylation sites (tertiary alicyclic amines) is 1. The van der Waals surface area contributed by atoms with Crippen LogP contribution in [0.25, 0.3) is 0 Å². The highest BCUT2D eigenvalue weighted by Gasteiger charge is 2.30. The number of rotatable bonds is 5. The minimum Gasteiger partial charge on any atom is -0.351 e. The molecule has 2 heterocycles. The first-order valence-electron chi connectivity index (χ1n) is 10.1. The van der Waals surface area contributed by atoms with Gasteiger partial charge in [0.1, 0.15) is 5.82 Å². The van der Waals surface area contributed by atoms with E-state index in [0.717, 1.165) is 44.0 Å². The number of aromatic nitrogens is 2. The van der Waals surface area contributed by atoms with E-state index in [9.17, 15) is 4.79 Å². The number of piperidine rings is 1. The standard InChI is InChI=1S/C21H29N5O/c22-21(27)26(20-14-19(23-24-20)17-8-4-5-9-17)18-10-12-25(13-11-18)15-16-6-2-1-3-7-16/h1-3,6-7,14,17-18H,4-5,8-13,15H2,(H2,22,27)(H,23,24). The third kappa shape index (κ3) is 4.16. The van der Waals surface area contributed by atoms with Gasteiger partial charge in [0, 0.05) is 37.7 Å². The van der Waals surface area contributed by atoms with Crippen LogP contribution in [0.2, 0.25) is 0 Å². The summed E-state index contributed by atoms with van der Waals surface area (Å²) in [4.78, 5) is 16.4. The van der Waals surface area contributed by atoms with Crippen molar-refractivity contribution in [2.45, 2.75) is 57.0 Å². The summed E-state index contributed by atoms with van der Waals surface area (Å²) in [5.41, 5.74) is 8.16. The van der Waals surface area contributed by atoms with Gasteiger partial charge in [0.25, 0.3) is 0 Å². The number of urea groups is 1. The van der Waals surface area contributed by atoms with Crippen molar-refractivity contribution < 1.29 is 4.79 Å². The molecule has 27 heavy (non-hydrogen) atoms. The Morgan fingerprint density at radius 2 is 1.85 bits per heavy atom. The van der Waals surface area contributed by atoms with E-state index in [4.69, 9.17) is 5.73 Å². The molecule has 1 aromatic carbocycles. The molecule has 2 aromatic rings. The van der Waals surface area contributed by atoms with Crippen molar-refractivity contribution in [2.24, 2.45) is 5.73 Å². The normalized spacial score (nSPS) is 19.4. The van der Waals surface area contributed by atoms with Gasteiger partial charge in [-0.15, -0.1) is 0 Å². The van der Waals surface area contributed by atoms with Crippen LogP contribution in [-0.4, -0.2) is 40.3 Å². The van der Waals surface area contributed by atoms with E-state index in [2.05, 4.69) is 39.4 Å². The highest BCUT2D eigenvalue weighted by molar-refractivity contribution is 5.90. The van der Waals surface area contributed by atoms with Gasteiger partial charge < -0.3 is 5.73 Å². The number of amides is 2. The maximum Gasteiger partial charge on any atom is 0.320 e. The molecule has 2 amide bonds.